The minimum atomic E-state index is -3.40. The van der Waals surface area contributed by atoms with Crippen molar-refractivity contribution in [1.82, 2.24) is 14.5 Å². The van der Waals surface area contributed by atoms with Gasteiger partial charge in [-0.1, -0.05) is 29.8 Å². The van der Waals surface area contributed by atoms with Gasteiger partial charge in [-0.15, -0.1) is 11.3 Å². The second-order valence-corrected chi connectivity index (χ2v) is 9.89. The minimum Gasteiger partial charge on any atom is -0.355 e. The number of carbonyl (C=O) groups excluding carboxylic acids is 1. The smallest absolute Gasteiger partial charge is 0.252 e. The first-order valence-corrected chi connectivity index (χ1v) is 11.4. The molecule has 1 aromatic heterocycles. The molecule has 0 unspecified atom stereocenters. The lowest BCUT2D eigenvalue weighted by molar-refractivity contribution is -0.122. The van der Waals surface area contributed by atoms with Crippen LogP contribution >= 0.6 is 22.9 Å². The van der Waals surface area contributed by atoms with E-state index in [2.05, 4.69) is 5.32 Å². The van der Waals surface area contributed by atoms with Gasteiger partial charge in [-0.2, -0.15) is 4.31 Å². The number of carbonyl (C=O) groups is 1. The van der Waals surface area contributed by atoms with E-state index in [0.717, 1.165) is 12.0 Å². The monoisotopic (exact) mass is 427 g/mol. The Morgan fingerprint density at radius 3 is 2.44 bits per heavy atom. The van der Waals surface area contributed by atoms with E-state index in [4.69, 9.17) is 11.6 Å². The lowest BCUT2D eigenvalue weighted by atomic mass is 10.1. The second-order valence-electron chi connectivity index (χ2n) is 6.34. The van der Waals surface area contributed by atoms with Gasteiger partial charge in [-0.25, -0.2) is 8.42 Å². The fourth-order valence-corrected chi connectivity index (χ4v) is 5.61. The summed E-state index contributed by atoms with van der Waals surface area (Å²) < 4.78 is 26.9. The standard InChI is InChI=1S/C18H22ClN3O3S2/c19-16-5-3-15(4-6-16)7-8-20-17(23)14-21-9-11-22(12-10-21)27(24,25)18-2-1-13-26-18/h1-6,13H,7-12,14H2,(H,20,23). The number of sulfonamides is 1. The normalized spacial score (nSPS) is 16.3. The Balaban J connectivity index is 1.40. The maximum absolute atomic E-state index is 12.5. The van der Waals surface area contributed by atoms with Crippen LogP contribution in [0.2, 0.25) is 5.02 Å². The molecule has 2 heterocycles. The average molecular weight is 428 g/mol. The molecule has 27 heavy (non-hydrogen) atoms. The molecule has 0 bridgehead atoms. The third-order valence-corrected chi connectivity index (χ3v) is 7.96. The molecule has 1 N–H and O–H groups in total. The number of hydrogen-bond donors (Lipinski definition) is 1. The molecule has 9 heteroatoms. The van der Waals surface area contributed by atoms with Crippen LogP contribution in [0.3, 0.4) is 0 Å². The predicted molar refractivity (Wildman–Crippen MR) is 108 cm³/mol. The average Bonchev–Trinajstić information content (AvgIpc) is 3.19. The van der Waals surface area contributed by atoms with E-state index in [-0.39, 0.29) is 12.5 Å². The summed E-state index contributed by atoms with van der Waals surface area (Å²) in [5.74, 6) is -0.0430. The molecule has 1 aliphatic rings. The third kappa shape index (κ3) is 5.52. The third-order valence-electron chi connectivity index (χ3n) is 4.44. The van der Waals surface area contributed by atoms with Gasteiger partial charge in [0.05, 0.1) is 6.54 Å². The molecule has 0 aliphatic carbocycles. The largest absolute Gasteiger partial charge is 0.355 e. The maximum Gasteiger partial charge on any atom is 0.252 e. The Bertz CT molecular complexity index is 846. The molecule has 1 aromatic carbocycles. The number of nitrogens with one attached hydrogen (secondary N) is 1. The van der Waals surface area contributed by atoms with E-state index in [1.807, 2.05) is 29.2 Å². The molecular weight excluding hydrogens is 406 g/mol. The van der Waals surface area contributed by atoms with Gasteiger partial charge in [0.1, 0.15) is 4.21 Å². The summed E-state index contributed by atoms with van der Waals surface area (Å²) in [7, 11) is -3.40. The van der Waals surface area contributed by atoms with Crippen LogP contribution in [0.25, 0.3) is 0 Å². The minimum absolute atomic E-state index is 0.0430. The van der Waals surface area contributed by atoms with Crippen LogP contribution in [0, 0.1) is 0 Å². The first-order valence-electron chi connectivity index (χ1n) is 8.72. The molecule has 146 valence electrons. The van der Waals surface area contributed by atoms with Crippen molar-refractivity contribution in [2.24, 2.45) is 0 Å². The fourth-order valence-electron chi connectivity index (χ4n) is 2.92. The van der Waals surface area contributed by atoms with Crippen LogP contribution in [-0.4, -0.2) is 62.8 Å². The van der Waals surface area contributed by atoms with Gasteiger partial charge in [0, 0.05) is 37.7 Å². The first kappa shape index (κ1) is 20.3. The van der Waals surface area contributed by atoms with Crippen molar-refractivity contribution in [2.45, 2.75) is 10.6 Å². The Hall–Kier alpha value is -1.45. The zero-order valence-electron chi connectivity index (χ0n) is 14.8. The van der Waals surface area contributed by atoms with Gasteiger partial charge in [0.25, 0.3) is 10.0 Å². The van der Waals surface area contributed by atoms with Crippen molar-refractivity contribution in [3.8, 4) is 0 Å². The number of nitrogens with zero attached hydrogens (tertiary/aromatic N) is 2. The molecule has 0 saturated carbocycles. The molecule has 0 radical (unpaired) electrons. The highest BCUT2D eigenvalue weighted by Crippen LogP contribution is 2.21. The van der Waals surface area contributed by atoms with Crippen LogP contribution in [-0.2, 0) is 21.2 Å². The van der Waals surface area contributed by atoms with Crippen LogP contribution in [0.4, 0.5) is 0 Å². The molecule has 0 spiro atoms. The number of benzene rings is 1. The van der Waals surface area contributed by atoms with E-state index in [1.165, 1.54) is 15.6 Å². The molecular formula is C18H22ClN3O3S2. The molecule has 0 atom stereocenters. The van der Waals surface area contributed by atoms with Gasteiger partial charge in [-0.05, 0) is 35.6 Å². The van der Waals surface area contributed by atoms with Gasteiger partial charge < -0.3 is 5.32 Å². The predicted octanol–water partition coefficient (Wildman–Crippen LogP) is 2.07. The van der Waals surface area contributed by atoms with Crippen molar-refractivity contribution in [3.63, 3.8) is 0 Å². The van der Waals surface area contributed by atoms with Crippen molar-refractivity contribution in [3.05, 3.63) is 52.4 Å². The topological polar surface area (TPSA) is 69.7 Å². The van der Waals surface area contributed by atoms with E-state index in [0.29, 0.717) is 42.0 Å². The van der Waals surface area contributed by atoms with Gasteiger partial charge >= 0.3 is 0 Å². The summed E-state index contributed by atoms with van der Waals surface area (Å²) in [6.45, 7) is 2.75. The SMILES string of the molecule is O=C(CN1CCN(S(=O)(=O)c2cccs2)CC1)NCCc1ccc(Cl)cc1. The molecule has 2 aromatic rings. The Labute approximate surface area is 168 Å². The first-order chi connectivity index (χ1) is 12.9. The van der Waals surface area contributed by atoms with Crippen LogP contribution in [0.5, 0.6) is 0 Å². The summed E-state index contributed by atoms with van der Waals surface area (Å²) in [4.78, 5) is 14.1. The molecule has 1 saturated heterocycles. The van der Waals surface area contributed by atoms with E-state index in [1.54, 1.807) is 17.5 Å². The van der Waals surface area contributed by atoms with Gasteiger partial charge in [-0.3, -0.25) is 9.69 Å². The van der Waals surface area contributed by atoms with Crippen molar-refractivity contribution in [1.29, 1.82) is 0 Å². The molecule has 6 nitrogen and oxygen atoms in total. The lowest BCUT2D eigenvalue weighted by Crippen LogP contribution is -2.51. The van der Waals surface area contributed by atoms with Crippen molar-refractivity contribution >= 4 is 38.9 Å². The van der Waals surface area contributed by atoms with Gasteiger partial charge in [0.2, 0.25) is 5.91 Å². The van der Waals surface area contributed by atoms with E-state index < -0.39 is 10.0 Å². The van der Waals surface area contributed by atoms with Crippen LogP contribution in [0.1, 0.15) is 5.56 Å². The van der Waals surface area contributed by atoms with Crippen molar-refractivity contribution < 1.29 is 13.2 Å². The summed E-state index contributed by atoms with van der Waals surface area (Å²) in [6.07, 6.45) is 0.746. The van der Waals surface area contributed by atoms with Gasteiger partial charge in [0.15, 0.2) is 0 Å². The maximum atomic E-state index is 12.5. The number of amides is 1. The fraction of sp³-hybridized carbons (Fsp3) is 0.389. The highest BCUT2D eigenvalue weighted by atomic mass is 35.5. The summed E-state index contributed by atoms with van der Waals surface area (Å²) in [5.41, 5.74) is 1.12. The highest BCUT2D eigenvalue weighted by molar-refractivity contribution is 7.91. The Kier molecular flexibility index (Phi) is 6.88. The summed E-state index contributed by atoms with van der Waals surface area (Å²) >= 11 is 7.08. The number of rotatable bonds is 7. The summed E-state index contributed by atoms with van der Waals surface area (Å²) in [5, 5.41) is 5.37. The number of hydrogen-bond acceptors (Lipinski definition) is 5. The molecule has 3 rings (SSSR count). The zero-order chi connectivity index (χ0) is 19.3. The van der Waals surface area contributed by atoms with E-state index in [9.17, 15) is 13.2 Å². The summed E-state index contributed by atoms with van der Waals surface area (Å²) in [6, 6.07) is 10.9. The second kappa shape index (κ2) is 9.16. The number of piperazine rings is 1. The Morgan fingerprint density at radius 2 is 1.81 bits per heavy atom. The lowest BCUT2D eigenvalue weighted by Gasteiger charge is -2.33. The quantitative estimate of drug-likeness (QED) is 0.734. The van der Waals surface area contributed by atoms with Crippen LogP contribution in [0.15, 0.2) is 46.0 Å². The molecule has 1 fully saturated rings. The number of halogens is 1. The zero-order valence-corrected chi connectivity index (χ0v) is 17.2. The molecule has 1 amide bonds. The van der Waals surface area contributed by atoms with E-state index >= 15 is 0 Å². The highest BCUT2D eigenvalue weighted by Gasteiger charge is 2.29. The Morgan fingerprint density at radius 1 is 1.11 bits per heavy atom. The van der Waals surface area contributed by atoms with Crippen LogP contribution < -0.4 is 5.32 Å². The van der Waals surface area contributed by atoms with Crippen molar-refractivity contribution in [2.75, 3.05) is 39.3 Å². The number of thiophene rings is 1. The molecule has 1 aliphatic heterocycles.